The molecular weight excluding hydrogens is 366 g/mol. The number of aromatic nitrogens is 2. The van der Waals surface area contributed by atoms with Crippen molar-refractivity contribution >= 4 is 21.1 Å². The number of nitrogens with zero attached hydrogens (tertiary/aromatic N) is 1. The van der Waals surface area contributed by atoms with Crippen molar-refractivity contribution in [3.05, 3.63) is 80.9 Å². The summed E-state index contributed by atoms with van der Waals surface area (Å²) in [7, 11) is -3.45. The predicted molar refractivity (Wildman–Crippen MR) is 105 cm³/mol. The molecule has 0 aliphatic carbocycles. The maximum Gasteiger partial charge on any atom is 0.316 e. The molecule has 2 aromatic carbocycles. The van der Waals surface area contributed by atoms with Crippen LogP contribution in [0.1, 0.15) is 12.0 Å². The second-order valence-corrected chi connectivity index (χ2v) is 8.16. The fourth-order valence-corrected chi connectivity index (χ4v) is 4.01. The quantitative estimate of drug-likeness (QED) is 0.568. The van der Waals surface area contributed by atoms with Gasteiger partial charge in [-0.15, -0.1) is 0 Å². The van der Waals surface area contributed by atoms with Gasteiger partial charge in [0.05, 0.1) is 16.8 Å². The van der Waals surface area contributed by atoms with Crippen LogP contribution in [0.2, 0.25) is 0 Å². The van der Waals surface area contributed by atoms with Crippen LogP contribution in [0.3, 0.4) is 0 Å². The van der Waals surface area contributed by atoms with Crippen molar-refractivity contribution in [2.45, 2.75) is 19.4 Å². The van der Waals surface area contributed by atoms with Crippen LogP contribution < -0.4 is 15.8 Å². The molecule has 0 fully saturated rings. The Morgan fingerprint density at radius 2 is 1.67 bits per heavy atom. The van der Waals surface area contributed by atoms with Gasteiger partial charge in [-0.1, -0.05) is 42.5 Å². The molecule has 0 radical (unpaired) electrons. The predicted octanol–water partition coefficient (Wildman–Crippen LogP) is 1.24. The lowest BCUT2D eigenvalue weighted by Crippen LogP contribution is -2.39. The van der Waals surface area contributed by atoms with E-state index in [1.54, 1.807) is 24.3 Å². The molecule has 0 amide bonds. The maximum atomic E-state index is 12.2. The van der Waals surface area contributed by atoms with E-state index in [9.17, 15) is 18.0 Å². The van der Waals surface area contributed by atoms with Crippen LogP contribution in [-0.2, 0) is 23.0 Å². The van der Waals surface area contributed by atoms with Crippen LogP contribution >= 0.6 is 0 Å². The van der Waals surface area contributed by atoms with Gasteiger partial charge in [0.25, 0.3) is 0 Å². The standard InChI is InChI=1S/C19H21N3O4S/c23-18-19(24)22(17-11-5-4-10-16(17)21-18)13-12-20-27(25,26)14-6-9-15-7-2-1-3-8-15/h1-5,7-8,10-11,20H,6,9,12-14H2,(H,21,23). The monoisotopic (exact) mass is 387 g/mol. The zero-order valence-electron chi connectivity index (χ0n) is 14.7. The minimum absolute atomic E-state index is 0.00686. The largest absolute Gasteiger partial charge is 0.316 e. The van der Waals surface area contributed by atoms with E-state index in [0.29, 0.717) is 23.9 Å². The Kier molecular flexibility index (Phi) is 5.88. The molecule has 0 bridgehead atoms. The number of nitrogens with one attached hydrogen (secondary N) is 2. The highest BCUT2D eigenvalue weighted by molar-refractivity contribution is 7.89. The third kappa shape index (κ3) is 4.93. The van der Waals surface area contributed by atoms with Crippen molar-refractivity contribution in [3.63, 3.8) is 0 Å². The number of aryl methyl sites for hydroxylation is 1. The highest BCUT2D eigenvalue weighted by Crippen LogP contribution is 2.07. The summed E-state index contributed by atoms with van der Waals surface area (Å²) >= 11 is 0. The molecule has 3 aromatic rings. The van der Waals surface area contributed by atoms with Crippen molar-refractivity contribution in [1.29, 1.82) is 0 Å². The molecular formula is C19H21N3O4S. The highest BCUT2D eigenvalue weighted by Gasteiger charge is 2.11. The molecule has 0 aliphatic rings. The summed E-state index contributed by atoms with van der Waals surface area (Å²) in [6.07, 6.45) is 1.19. The average molecular weight is 387 g/mol. The van der Waals surface area contributed by atoms with E-state index < -0.39 is 21.1 Å². The zero-order valence-corrected chi connectivity index (χ0v) is 15.5. The number of rotatable bonds is 8. The SMILES string of the molecule is O=c1[nH]c2ccccc2n(CCNS(=O)(=O)CCCc2ccccc2)c1=O. The molecule has 0 aliphatic heterocycles. The molecule has 1 aromatic heterocycles. The third-order valence-electron chi connectivity index (χ3n) is 4.26. The van der Waals surface area contributed by atoms with Crippen molar-refractivity contribution in [1.82, 2.24) is 14.3 Å². The topological polar surface area (TPSA) is 101 Å². The Morgan fingerprint density at radius 1 is 0.963 bits per heavy atom. The number of H-pyrrole nitrogens is 1. The van der Waals surface area contributed by atoms with E-state index in [4.69, 9.17) is 0 Å². The molecule has 0 unspecified atom stereocenters. The van der Waals surface area contributed by atoms with Gasteiger partial charge in [0.15, 0.2) is 0 Å². The first-order valence-electron chi connectivity index (χ1n) is 8.69. The first-order chi connectivity index (χ1) is 13.0. The molecule has 3 rings (SSSR count). The van der Waals surface area contributed by atoms with E-state index in [2.05, 4.69) is 9.71 Å². The summed E-state index contributed by atoms with van der Waals surface area (Å²) in [5.74, 6) is 0.00686. The van der Waals surface area contributed by atoms with Crippen LogP contribution in [0.5, 0.6) is 0 Å². The maximum absolute atomic E-state index is 12.2. The minimum atomic E-state index is -3.45. The summed E-state index contributed by atoms with van der Waals surface area (Å²) < 4.78 is 28.1. The van der Waals surface area contributed by atoms with Crippen molar-refractivity contribution < 1.29 is 8.42 Å². The van der Waals surface area contributed by atoms with E-state index in [0.717, 1.165) is 5.56 Å². The van der Waals surface area contributed by atoms with Crippen molar-refractivity contribution in [2.24, 2.45) is 0 Å². The van der Waals surface area contributed by atoms with E-state index in [1.165, 1.54) is 4.57 Å². The fourth-order valence-electron chi connectivity index (χ4n) is 2.94. The van der Waals surface area contributed by atoms with Crippen LogP contribution in [-0.4, -0.2) is 30.3 Å². The van der Waals surface area contributed by atoms with Crippen LogP contribution in [0.25, 0.3) is 11.0 Å². The highest BCUT2D eigenvalue weighted by atomic mass is 32.2. The van der Waals surface area contributed by atoms with Gasteiger partial charge in [0.2, 0.25) is 10.0 Å². The van der Waals surface area contributed by atoms with Gasteiger partial charge in [-0.2, -0.15) is 0 Å². The van der Waals surface area contributed by atoms with Crippen molar-refractivity contribution in [3.8, 4) is 0 Å². The molecule has 2 N–H and O–H groups in total. The lowest BCUT2D eigenvalue weighted by molar-refractivity contribution is 0.569. The number of fused-ring (bicyclic) bond motifs is 1. The van der Waals surface area contributed by atoms with E-state index in [1.807, 2.05) is 30.3 Å². The van der Waals surface area contributed by atoms with Crippen molar-refractivity contribution in [2.75, 3.05) is 12.3 Å². The van der Waals surface area contributed by atoms with E-state index >= 15 is 0 Å². The van der Waals surface area contributed by atoms with Crippen LogP contribution in [0.4, 0.5) is 0 Å². The first kappa shape index (κ1) is 19.1. The number of para-hydroxylation sites is 2. The zero-order chi connectivity index (χ0) is 19.3. The number of aromatic amines is 1. The Balaban J connectivity index is 1.61. The lowest BCUT2D eigenvalue weighted by atomic mass is 10.1. The Morgan fingerprint density at radius 3 is 2.44 bits per heavy atom. The van der Waals surface area contributed by atoms with Crippen LogP contribution in [0, 0.1) is 0 Å². The van der Waals surface area contributed by atoms with Crippen LogP contribution in [0.15, 0.2) is 64.2 Å². The average Bonchev–Trinajstić information content (AvgIpc) is 2.65. The molecule has 0 spiro atoms. The summed E-state index contributed by atoms with van der Waals surface area (Å²) in [5, 5.41) is 0. The summed E-state index contributed by atoms with van der Waals surface area (Å²) in [6, 6.07) is 16.6. The first-order valence-corrected chi connectivity index (χ1v) is 10.3. The summed E-state index contributed by atoms with van der Waals surface area (Å²) in [5.41, 5.74) is 0.767. The fraction of sp³-hybridized carbons (Fsp3) is 0.263. The van der Waals surface area contributed by atoms with Gasteiger partial charge in [-0.3, -0.25) is 9.59 Å². The molecule has 0 saturated heterocycles. The molecule has 0 saturated carbocycles. The number of sulfonamides is 1. The molecule has 1 heterocycles. The normalized spacial score (nSPS) is 11.7. The molecule has 27 heavy (non-hydrogen) atoms. The van der Waals surface area contributed by atoms with Gasteiger partial charge in [0, 0.05) is 13.1 Å². The molecule has 142 valence electrons. The van der Waals surface area contributed by atoms with E-state index in [-0.39, 0.29) is 18.8 Å². The van der Waals surface area contributed by atoms with Gasteiger partial charge < -0.3 is 9.55 Å². The number of benzene rings is 2. The Bertz CT molecular complexity index is 1130. The summed E-state index contributed by atoms with van der Waals surface area (Å²) in [4.78, 5) is 26.4. The third-order valence-corrected chi connectivity index (χ3v) is 5.73. The summed E-state index contributed by atoms with van der Waals surface area (Å²) in [6.45, 7) is 0.127. The number of hydrogen-bond acceptors (Lipinski definition) is 4. The number of hydrogen-bond donors (Lipinski definition) is 2. The second-order valence-electron chi connectivity index (χ2n) is 6.23. The van der Waals surface area contributed by atoms with Gasteiger partial charge in [-0.25, -0.2) is 13.1 Å². The smallest absolute Gasteiger partial charge is 0.316 e. The van der Waals surface area contributed by atoms with Gasteiger partial charge >= 0.3 is 11.1 Å². The molecule has 7 nitrogen and oxygen atoms in total. The Hall–Kier alpha value is -2.71. The lowest BCUT2D eigenvalue weighted by Gasteiger charge is -2.11. The minimum Gasteiger partial charge on any atom is -0.316 e. The van der Waals surface area contributed by atoms with Gasteiger partial charge in [0.1, 0.15) is 0 Å². The Labute approximate surface area is 156 Å². The van der Waals surface area contributed by atoms with Gasteiger partial charge in [-0.05, 0) is 30.5 Å². The second kappa shape index (κ2) is 8.32. The molecule has 8 heteroatoms. The molecule has 0 atom stereocenters.